The van der Waals surface area contributed by atoms with E-state index in [9.17, 15) is 10.1 Å². The second kappa shape index (κ2) is 9.51. The van der Waals surface area contributed by atoms with Gasteiger partial charge in [0.15, 0.2) is 5.75 Å². The number of aryl methyl sites for hydroxylation is 1. The molecule has 2 aromatic carbocycles. The molecule has 0 atom stereocenters. The van der Waals surface area contributed by atoms with E-state index < -0.39 is 0 Å². The number of benzene rings is 2. The van der Waals surface area contributed by atoms with Crippen LogP contribution >= 0.6 is 0 Å². The number of nitrogens with zero attached hydrogens (tertiary/aromatic N) is 3. The fourth-order valence-electron chi connectivity index (χ4n) is 5.70. The van der Waals surface area contributed by atoms with Crippen LogP contribution in [0.1, 0.15) is 42.4 Å². The molecule has 0 bridgehead atoms. The van der Waals surface area contributed by atoms with Crippen LogP contribution in [0.3, 0.4) is 0 Å². The van der Waals surface area contributed by atoms with E-state index in [4.69, 9.17) is 9.72 Å². The fraction of sp³-hybridized carbons (Fsp3) is 0.300. The first-order valence-corrected chi connectivity index (χ1v) is 13.1. The predicted octanol–water partition coefficient (Wildman–Crippen LogP) is 5.45. The molecule has 0 saturated carbocycles. The number of hydrogen-bond donors (Lipinski definition) is 3. The number of fused-ring (bicyclic) bond motifs is 2. The van der Waals surface area contributed by atoms with E-state index in [2.05, 4.69) is 39.0 Å². The summed E-state index contributed by atoms with van der Waals surface area (Å²) in [5.74, 6) is 1.63. The van der Waals surface area contributed by atoms with Gasteiger partial charge in [-0.05, 0) is 69.9 Å². The molecule has 38 heavy (non-hydrogen) atoms. The van der Waals surface area contributed by atoms with E-state index >= 15 is 0 Å². The number of hydrogen-bond acceptors (Lipinski definition) is 5. The summed E-state index contributed by atoms with van der Waals surface area (Å²) in [6.07, 6.45) is 3.74. The Balaban J connectivity index is 1.55. The minimum Gasteiger partial charge on any atom is -0.491 e. The lowest BCUT2D eigenvalue weighted by Gasteiger charge is -2.30. The molecule has 3 N–H and O–H groups in total. The molecule has 0 aliphatic carbocycles. The largest absolute Gasteiger partial charge is 0.491 e. The molecule has 0 amide bonds. The monoisotopic (exact) mass is 506 g/mol. The molecule has 5 aromatic rings. The van der Waals surface area contributed by atoms with Gasteiger partial charge in [0.05, 0.1) is 28.9 Å². The number of piperidine rings is 1. The standard InChI is InChI=1S/C30H30N6O2/c1-4-38-28-20(18-11-13-36(3)14-12-18)9-10-23-27(28)35-29(33-23)24-26-22(16-32-30(24)37)21(15-31)25(34-26)19-8-6-5-7-17(19)2/h5-10,16,18,34H,4,11-14H2,1-3H3,(H,32,37)(H,33,35). The summed E-state index contributed by atoms with van der Waals surface area (Å²) in [4.78, 5) is 30.1. The molecular formula is C30H30N6O2. The van der Waals surface area contributed by atoms with Crippen molar-refractivity contribution in [2.75, 3.05) is 26.7 Å². The van der Waals surface area contributed by atoms with Gasteiger partial charge in [0.1, 0.15) is 23.0 Å². The van der Waals surface area contributed by atoms with Crippen molar-refractivity contribution in [3.63, 3.8) is 0 Å². The van der Waals surface area contributed by atoms with E-state index in [-0.39, 0.29) is 5.56 Å². The van der Waals surface area contributed by atoms with E-state index in [1.807, 2.05) is 44.2 Å². The first kappa shape index (κ1) is 24.0. The lowest BCUT2D eigenvalue weighted by molar-refractivity contribution is 0.251. The van der Waals surface area contributed by atoms with Crippen molar-refractivity contribution in [2.45, 2.75) is 32.6 Å². The Morgan fingerprint density at radius 2 is 1.95 bits per heavy atom. The summed E-state index contributed by atoms with van der Waals surface area (Å²) in [5, 5.41) is 10.7. The number of ether oxygens (including phenoxy) is 1. The summed E-state index contributed by atoms with van der Waals surface area (Å²) < 4.78 is 6.18. The zero-order chi connectivity index (χ0) is 26.4. The van der Waals surface area contributed by atoms with Crippen LogP contribution in [-0.2, 0) is 0 Å². The highest BCUT2D eigenvalue weighted by Gasteiger charge is 2.26. The van der Waals surface area contributed by atoms with E-state index in [1.165, 1.54) is 5.56 Å². The average molecular weight is 507 g/mol. The van der Waals surface area contributed by atoms with Crippen molar-refractivity contribution in [2.24, 2.45) is 0 Å². The fourth-order valence-corrected chi connectivity index (χ4v) is 5.70. The second-order valence-electron chi connectivity index (χ2n) is 10.1. The van der Waals surface area contributed by atoms with Gasteiger partial charge in [0, 0.05) is 17.1 Å². The third-order valence-electron chi connectivity index (χ3n) is 7.71. The van der Waals surface area contributed by atoms with E-state index in [0.717, 1.165) is 53.8 Å². The van der Waals surface area contributed by atoms with Gasteiger partial charge < -0.3 is 24.6 Å². The molecule has 0 spiro atoms. The molecule has 8 nitrogen and oxygen atoms in total. The van der Waals surface area contributed by atoms with Gasteiger partial charge in [-0.15, -0.1) is 0 Å². The summed E-state index contributed by atoms with van der Waals surface area (Å²) in [5.41, 5.74) is 6.51. The topological polar surface area (TPSA) is 114 Å². The zero-order valence-corrected chi connectivity index (χ0v) is 21.8. The van der Waals surface area contributed by atoms with Crippen molar-refractivity contribution >= 4 is 21.9 Å². The summed E-state index contributed by atoms with van der Waals surface area (Å²) in [7, 11) is 2.16. The maximum Gasteiger partial charge on any atom is 0.261 e. The molecule has 1 fully saturated rings. The summed E-state index contributed by atoms with van der Waals surface area (Å²) in [6.45, 7) is 6.61. The number of likely N-dealkylation sites (tertiary alicyclic amines) is 1. The molecule has 0 unspecified atom stereocenters. The first-order chi connectivity index (χ1) is 18.5. The zero-order valence-electron chi connectivity index (χ0n) is 21.8. The molecule has 192 valence electrons. The van der Waals surface area contributed by atoms with Gasteiger partial charge in [0.2, 0.25) is 0 Å². The van der Waals surface area contributed by atoms with Crippen LogP contribution < -0.4 is 10.3 Å². The van der Waals surface area contributed by atoms with Crippen molar-refractivity contribution in [1.29, 1.82) is 5.26 Å². The van der Waals surface area contributed by atoms with Crippen LogP contribution in [-0.4, -0.2) is 51.6 Å². The Kier molecular flexibility index (Phi) is 6.01. The van der Waals surface area contributed by atoms with Crippen LogP contribution in [0.4, 0.5) is 0 Å². The number of aromatic nitrogens is 4. The Morgan fingerprint density at radius 1 is 1.16 bits per heavy atom. The third-order valence-corrected chi connectivity index (χ3v) is 7.71. The number of aromatic amines is 3. The molecule has 0 radical (unpaired) electrons. The molecule has 1 aliphatic heterocycles. The normalized spacial score (nSPS) is 14.8. The Labute approximate surface area is 220 Å². The van der Waals surface area contributed by atoms with Crippen LogP contribution in [0, 0.1) is 18.3 Å². The van der Waals surface area contributed by atoms with Gasteiger partial charge in [-0.1, -0.05) is 30.3 Å². The second-order valence-corrected chi connectivity index (χ2v) is 10.1. The highest BCUT2D eigenvalue weighted by atomic mass is 16.5. The summed E-state index contributed by atoms with van der Waals surface area (Å²) >= 11 is 0. The highest BCUT2D eigenvalue weighted by molar-refractivity contribution is 6.01. The first-order valence-electron chi connectivity index (χ1n) is 13.1. The van der Waals surface area contributed by atoms with Crippen molar-refractivity contribution in [3.8, 4) is 34.5 Å². The maximum absolute atomic E-state index is 13.2. The molecule has 3 aromatic heterocycles. The minimum absolute atomic E-state index is 0.285. The molecule has 1 saturated heterocycles. The van der Waals surface area contributed by atoms with Gasteiger partial charge in [-0.3, -0.25) is 4.79 Å². The van der Waals surface area contributed by atoms with Crippen molar-refractivity contribution < 1.29 is 4.74 Å². The Morgan fingerprint density at radius 3 is 2.68 bits per heavy atom. The van der Waals surface area contributed by atoms with Crippen LogP contribution in [0.5, 0.6) is 5.75 Å². The SMILES string of the molecule is CCOc1c(C2CCN(C)CC2)ccc2[nH]c(-c3c(=O)[nH]cc4c(C#N)c(-c5ccccc5C)[nH]c34)nc12. The van der Waals surface area contributed by atoms with Crippen molar-refractivity contribution in [1.82, 2.24) is 24.8 Å². The molecular weight excluding hydrogens is 476 g/mol. The number of imidazole rings is 1. The third kappa shape index (κ3) is 3.87. The van der Waals surface area contributed by atoms with E-state index in [0.29, 0.717) is 46.1 Å². The quantitative estimate of drug-likeness (QED) is 0.293. The predicted molar refractivity (Wildman–Crippen MR) is 150 cm³/mol. The smallest absolute Gasteiger partial charge is 0.261 e. The summed E-state index contributed by atoms with van der Waals surface area (Å²) in [6, 6.07) is 14.4. The molecule has 6 rings (SSSR count). The lowest BCUT2D eigenvalue weighted by atomic mass is 9.88. The van der Waals surface area contributed by atoms with Crippen LogP contribution in [0.25, 0.3) is 44.6 Å². The number of nitrogens with one attached hydrogen (secondary N) is 3. The number of rotatable bonds is 5. The van der Waals surface area contributed by atoms with Crippen molar-refractivity contribution in [3.05, 3.63) is 69.6 Å². The maximum atomic E-state index is 13.2. The highest BCUT2D eigenvalue weighted by Crippen LogP contribution is 2.40. The van der Waals surface area contributed by atoms with Gasteiger partial charge in [0.25, 0.3) is 5.56 Å². The Hall–Kier alpha value is -4.35. The molecule has 1 aliphatic rings. The van der Waals surface area contributed by atoms with Gasteiger partial charge >= 0.3 is 0 Å². The Bertz CT molecular complexity index is 1760. The minimum atomic E-state index is -0.285. The van der Waals surface area contributed by atoms with Gasteiger partial charge in [-0.2, -0.15) is 5.26 Å². The number of nitriles is 1. The van der Waals surface area contributed by atoms with Crippen LogP contribution in [0.2, 0.25) is 0 Å². The molecule has 8 heteroatoms. The number of pyridine rings is 1. The average Bonchev–Trinajstić information content (AvgIpc) is 3.51. The number of H-pyrrole nitrogens is 3. The van der Waals surface area contributed by atoms with E-state index in [1.54, 1.807) is 6.20 Å². The van der Waals surface area contributed by atoms with Crippen LogP contribution in [0.15, 0.2) is 47.4 Å². The van der Waals surface area contributed by atoms with Gasteiger partial charge in [-0.25, -0.2) is 4.98 Å². The lowest BCUT2D eigenvalue weighted by Crippen LogP contribution is -2.29. The molecule has 4 heterocycles.